The van der Waals surface area contributed by atoms with Gasteiger partial charge in [-0.3, -0.25) is 9.59 Å². The highest BCUT2D eigenvalue weighted by Gasteiger charge is 2.26. The number of aliphatic hydroxyl groups excluding tert-OH is 1. The maximum Gasteiger partial charge on any atom is 0.311 e. The number of ether oxygens (including phenoxy) is 1. The summed E-state index contributed by atoms with van der Waals surface area (Å²) in [4.78, 5) is 24.1. The van der Waals surface area contributed by atoms with Crippen molar-refractivity contribution in [3.63, 3.8) is 0 Å². The van der Waals surface area contributed by atoms with Crippen molar-refractivity contribution in [3.8, 4) is 11.5 Å². The Balaban J connectivity index is 1.95. The summed E-state index contributed by atoms with van der Waals surface area (Å²) in [6.07, 6.45) is 1.68. The summed E-state index contributed by atoms with van der Waals surface area (Å²) in [7, 11) is 0. The molecule has 2 atom stereocenters. The number of aliphatic carboxylic acids is 1. The quantitative estimate of drug-likeness (QED) is 0.210. The molecule has 0 aliphatic heterocycles. The van der Waals surface area contributed by atoms with Gasteiger partial charge in [0.2, 0.25) is 0 Å². The molecular weight excluding hydrogens is 447 g/mol. The number of hydrogen-bond donors (Lipinski definition) is 3. The molecule has 0 heterocycles. The third kappa shape index (κ3) is 6.95. The van der Waals surface area contributed by atoms with Crippen molar-refractivity contribution in [3.05, 3.63) is 52.8 Å². The van der Waals surface area contributed by atoms with Gasteiger partial charge in [-0.2, -0.15) is 0 Å². The van der Waals surface area contributed by atoms with Crippen LogP contribution in [0.25, 0.3) is 0 Å². The normalized spacial score (nSPS) is 12.9. The third-order valence-electron chi connectivity index (χ3n) is 5.35. The fourth-order valence-electron chi connectivity index (χ4n) is 3.60. The molecule has 2 aromatic carbocycles. The molecule has 2 aromatic rings. The lowest BCUT2D eigenvalue weighted by molar-refractivity contribution is -0.140. The molecule has 0 saturated carbocycles. The summed E-state index contributed by atoms with van der Waals surface area (Å²) >= 11 is 1.56. The van der Waals surface area contributed by atoms with Crippen LogP contribution in [-0.2, 0) is 11.2 Å². The maximum atomic E-state index is 14.5. The number of phenols is 1. The van der Waals surface area contributed by atoms with E-state index in [0.29, 0.717) is 36.1 Å². The highest BCUT2D eigenvalue weighted by Crippen LogP contribution is 2.36. The molecule has 6 nitrogen and oxygen atoms in total. The Labute approximate surface area is 197 Å². The zero-order valence-corrected chi connectivity index (χ0v) is 20.0. The Kier molecular flexibility index (Phi) is 10.2. The lowest BCUT2D eigenvalue weighted by atomic mass is 9.88. The molecule has 0 radical (unpaired) electrons. The fourth-order valence-corrected chi connectivity index (χ4v) is 4.42. The van der Waals surface area contributed by atoms with Crippen LogP contribution in [0.5, 0.6) is 11.5 Å². The summed E-state index contributed by atoms with van der Waals surface area (Å²) in [5, 5.41) is 29.1. The fraction of sp³-hybridized carbons (Fsp3) is 0.440. The van der Waals surface area contributed by atoms with E-state index in [-0.39, 0.29) is 36.2 Å². The van der Waals surface area contributed by atoms with Crippen molar-refractivity contribution in [2.45, 2.75) is 50.8 Å². The van der Waals surface area contributed by atoms with Crippen LogP contribution in [0, 0.1) is 11.7 Å². The zero-order valence-electron chi connectivity index (χ0n) is 19.1. The summed E-state index contributed by atoms with van der Waals surface area (Å²) < 4.78 is 20.2. The van der Waals surface area contributed by atoms with Crippen LogP contribution in [0.2, 0.25) is 0 Å². The molecule has 8 heteroatoms. The smallest absolute Gasteiger partial charge is 0.311 e. The minimum absolute atomic E-state index is 0.00795. The number of phenolic OH excluding ortho intramolecular Hbond substituents is 1. The number of aliphatic hydroxyl groups is 1. The Morgan fingerprint density at radius 1 is 1.21 bits per heavy atom. The van der Waals surface area contributed by atoms with Gasteiger partial charge in [0, 0.05) is 22.8 Å². The van der Waals surface area contributed by atoms with Gasteiger partial charge in [0.05, 0.1) is 18.1 Å². The van der Waals surface area contributed by atoms with E-state index in [9.17, 15) is 29.3 Å². The van der Waals surface area contributed by atoms with Gasteiger partial charge < -0.3 is 20.1 Å². The lowest BCUT2D eigenvalue weighted by Crippen LogP contribution is -2.22. The standard InChI is InChI=1S/C25H31FO6S/c1-4-6-19-23(29)20(16(3)28)13-21(26)24(19)32-11-5-12-33-18-9-7-17(8-10-18)22(25(30)31)15(2)14-27/h7-10,13,15,22,27,29H,4-6,11-12,14H2,1-3H3,(H,30,31). The number of rotatable bonds is 13. The highest BCUT2D eigenvalue weighted by atomic mass is 32.2. The van der Waals surface area contributed by atoms with Crippen molar-refractivity contribution in [1.82, 2.24) is 0 Å². The SMILES string of the molecule is CCCc1c(O)c(C(C)=O)cc(F)c1OCCCSc1ccc(C(C(=O)O)C(C)CO)cc1. The lowest BCUT2D eigenvalue weighted by Gasteiger charge is -2.18. The van der Waals surface area contributed by atoms with E-state index in [0.717, 1.165) is 11.0 Å². The number of halogens is 1. The van der Waals surface area contributed by atoms with E-state index < -0.39 is 23.5 Å². The predicted octanol–water partition coefficient (Wildman–Crippen LogP) is 5.04. The van der Waals surface area contributed by atoms with Gasteiger partial charge in [-0.25, -0.2) is 4.39 Å². The molecular formula is C25H31FO6S. The minimum atomic E-state index is -0.967. The van der Waals surface area contributed by atoms with E-state index in [4.69, 9.17) is 4.74 Å². The average molecular weight is 479 g/mol. The van der Waals surface area contributed by atoms with Crippen molar-refractivity contribution < 1.29 is 34.0 Å². The van der Waals surface area contributed by atoms with Crippen LogP contribution < -0.4 is 4.74 Å². The van der Waals surface area contributed by atoms with Crippen molar-refractivity contribution >= 4 is 23.5 Å². The third-order valence-corrected chi connectivity index (χ3v) is 6.45. The van der Waals surface area contributed by atoms with E-state index in [1.54, 1.807) is 30.8 Å². The Morgan fingerprint density at radius 2 is 1.88 bits per heavy atom. The first kappa shape index (κ1) is 26.7. The number of hydrogen-bond acceptors (Lipinski definition) is 6. The number of thioether (sulfide) groups is 1. The van der Waals surface area contributed by atoms with Crippen molar-refractivity contribution in [2.24, 2.45) is 5.92 Å². The maximum absolute atomic E-state index is 14.5. The number of Topliss-reactive ketones (excluding diaryl/α,β-unsaturated/α-hetero) is 1. The first-order valence-electron chi connectivity index (χ1n) is 11.0. The van der Waals surface area contributed by atoms with Gasteiger partial charge in [-0.05, 0) is 49.4 Å². The Hall–Kier alpha value is -2.58. The van der Waals surface area contributed by atoms with Crippen LogP contribution in [0.4, 0.5) is 4.39 Å². The molecule has 0 aliphatic carbocycles. The molecule has 2 rings (SSSR count). The van der Waals surface area contributed by atoms with E-state index >= 15 is 0 Å². The van der Waals surface area contributed by atoms with Crippen LogP contribution >= 0.6 is 11.8 Å². The van der Waals surface area contributed by atoms with Crippen molar-refractivity contribution in [1.29, 1.82) is 0 Å². The zero-order chi connectivity index (χ0) is 24.5. The van der Waals surface area contributed by atoms with E-state index in [1.807, 2.05) is 19.1 Å². The van der Waals surface area contributed by atoms with Gasteiger partial charge in [0.1, 0.15) is 5.75 Å². The number of carboxylic acid groups (broad SMARTS) is 1. The number of carbonyl (C=O) groups is 2. The van der Waals surface area contributed by atoms with E-state index in [1.165, 1.54) is 6.92 Å². The molecule has 180 valence electrons. The molecule has 33 heavy (non-hydrogen) atoms. The molecule has 0 saturated heterocycles. The number of carbonyl (C=O) groups excluding carboxylic acids is 1. The second-order valence-electron chi connectivity index (χ2n) is 7.96. The van der Waals surface area contributed by atoms with Crippen molar-refractivity contribution in [2.75, 3.05) is 19.0 Å². The molecule has 0 bridgehead atoms. The van der Waals surface area contributed by atoms with Gasteiger partial charge >= 0.3 is 5.97 Å². The molecule has 0 fully saturated rings. The van der Waals surface area contributed by atoms with Gasteiger partial charge in [0.15, 0.2) is 17.3 Å². The largest absolute Gasteiger partial charge is 0.507 e. The van der Waals surface area contributed by atoms with E-state index in [2.05, 4.69) is 0 Å². The topological polar surface area (TPSA) is 104 Å². The van der Waals surface area contributed by atoms with Crippen LogP contribution in [0.15, 0.2) is 35.2 Å². The van der Waals surface area contributed by atoms with Crippen LogP contribution in [0.3, 0.4) is 0 Å². The monoisotopic (exact) mass is 478 g/mol. The number of carboxylic acids is 1. The molecule has 0 spiro atoms. The Bertz CT molecular complexity index is 960. The van der Waals surface area contributed by atoms with Crippen LogP contribution in [-0.4, -0.2) is 46.0 Å². The molecule has 3 N–H and O–H groups in total. The number of benzene rings is 2. The minimum Gasteiger partial charge on any atom is -0.507 e. The molecule has 0 aliphatic rings. The second kappa shape index (κ2) is 12.6. The van der Waals surface area contributed by atoms with Gasteiger partial charge in [0.25, 0.3) is 0 Å². The second-order valence-corrected chi connectivity index (χ2v) is 9.13. The summed E-state index contributed by atoms with van der Waals surface area (Å²) in [6.45, 7) is 4.91. The molecule has 2 unspecified atom stereocenters. The number of aromatic hydroxyl groups is 1. The number of ketones is 1. The average Bonchev–Trinajstić information content (AvgIpc) is 2.78. The van der Waals surface area contributed by atoms with Gasteiger partial charge in [-0.1, -0.05) is 32.4 Å². The predicted molar refractivity (Wildman–Crippen MR) is 126 cm³/mol. The summed E-state index contributed by atoms with van der Waals surface area (Å²) in [6, 6.07) is 8.23. The van der Waals surface area contributed by atoms with Crippen LogP contribution in [0.1, 0.15) is 61.0 Å². The highest BCUT2D eigenvalue weighted by molar-refractivity contribution is 7.99. The van der Waals surface area contributed by atoms with Gasteiger partial charge in [-0.15, -0.1) is 11.8 Å². The summed E-state index contributed by atoms with van der Waals surface area (Å²) in [5.74, 6) is -2.71. The summed E-state index contributed by atoms with van der Waals surface area (Å²) in [5.41, 5.74) is 0.918. The molecule has 0 amide bonds. The molecule has 0 aromatic heterocycles. The first-order valence-corrected chi connectivity index (χ1v) is 11.9. The first-order chi connectivity index (χ1) is 15.7. The Morgan fingerprint density at radius 3 is 2.42 bits per heavy atom.